The molecule has 1 atom stereocenters. The fourth-order valence-electron chi connectivity index (χ4n) is 1.87. The van der Waals surface area contributed by atoms with Crippen LogP contribution in [0, 0.1) is 13.8 Å². The normalized spacial score (nSPS) is 12.4. The van der Waals surface area contributed by atoms with Gasteiger partial charge in [-0.25, -0.2) is 0 Å². The predicted molar refractivity (Wildman–Crippen MR) is 81.2 cm³/mol. The molecule has 2 rings (SSSR count). The van der Waals surface area contributed by atoms with Crippen molar-refractivity contribution in [2.45, 2.75) is 31.7 Å². The fraction of sp³-hybridized carbons (Fsp3) is 0.308. The number of carbonyl (C=O) groups is 1. The average molecular weight is 297 g/mol. The molecule has 0 spiro atoms. The van der Waals surface area contributed by atoms with Crippen LogP contribution in [0.25, 0.3) is 0 Å². The number of hydrogen-bond donors (Lipinski definition) is 2. The van der Waals surface area contributed by atoms with Gasteiger partial charge in [-0.05, 0) is 38.5 Å². The summed E-state index contributed by atoms with van der Waals surface area (Å²) in [5, 5.41) is 4.89. The number of aryl methyl sites for hydroxylation is 2. The number of nitrogens with one attached hydrogen (secondary N) is 1. The van der Waals surface area contributed by atoms with Crippen LogP contribution in [0.5, 0.6) is 0 Å². The van der Waals surface area contributed by atoms with Gasteiger partial charge in [0.25, 0.3) is 5.91 Å². The van der Waals surface area contributed by atoms with Gasteiger partial charge in [0, 0.05) is 20.0 Å². The Labute approximate surface area is 120 Å². The Morgan fingerprint density at radius 3 is 2.61 bits per heavy atom. The smallest absolute Gasteiger partial charge is 0.261 e. The highest BCUT2D eigenvalue weighted by Crippen LogP contribution is 2.26. The molecule has 0 radical (unpaired) electrons. The van der Waals surface area contributed by atoms with E-state index in [0.29, 0.717) is 4.88 Å². The van der Waals surface area contributed by atoms with Crippen LogP contribution in [0.1, 0.15) is 38.0 Å². The lowest BCUT2D eigenvalue weighted by Gasteiger charge is -2.13. The van der Waals surface area contributed by atoms with Crippen LogP contribution in [-0.2, 0) is 0 Å². The first-order chi connectivity index (χ1) is 8.47. The van der Waals surface area contributed by atoms with Crippen molar-refractivity contribution in [2.75, 3.05) is 0 Å². The van der Waals surface area contributed by atoms with Crippen molar-refractivity contribution >= 4 is 41.2 Å². The van der Waals surface area contributed by atoms with Crippen molar-refractivity contribution < 1.29 is 4.79 Å². The molecule has 2 aromatic rings. The molecule has 0 aliphatic heterocycles. The van der Waals surface area contributed by atoms with Gasteiger partial charge in [0.1, 0.15) is 0 Å². The minimum Gasteiger partial charge on any atom is -0.345 e. The summed E-state index contributed by atoms with van der Waals surface area (Å²) < 4.78 is 0. The maximum atomic E-state index is 12.0. The van der Waals surface area contributed by atoms with E-state index in [1.807, 2.05) is 12.3 Å². The molecule has 0 aromatic carbocycles. The lowest BCUT2D eigenvalue weighted by atomic mass is 10.1. The van der Waals surface area contributed by atoms with E-state index in [-0.39, 0.29) is 11.9 Å². The van der Waals surface area contributed by atoms with Crippen LogP contribution in [0.15, 0.2) is 22.4 Å². The molecule has 1 N–H and O–H groups in total. The van der Waals surface area contributed by atoms with E-state index in [2.05, 4.69) is 37.9 Å². The molecule has 0 aliphatic carbocycles. The molecule has 1 amide bonds. The highest BCUT2D eigenvalue weighted by molar-refractivity contribution is 7.80. The number of thiophene rings is 2. The number of rotatable bonds is 3. The van der Waals surface area contributed by atoms with Crippen molar-refractivity contribution in [3.63, 3.8) is 0 Å². The Balaban J connectivity index is 2.10. The third-order valence-electron chi connectivity index (χ3n) is 2.70. The van der Waals surface area contributed by atoms with Gasteiger partial charge < -0.3 is 5.32 Å². The fourth-order valence-corrected chi connectivity index (χ4v) is 3.94. The van der Waals surface area contributed by atoms with E-state index in [0.717, 1.165) is 4.90 Å². The van der Waals surface area contributed by atoms with Gasteiger partial charge in [0.05, 0.1) is 10.9 Å². The van der Waals surface area contributed by atoms with E-state index < -0.39 is 0 Å². The van der Waals surface area contributed by atoms with E-state index in [9.17, 15) is 4.79 Å². The summed E-state index contributed by atoms with van der Waals surface area (Å²) >= 11 is 7.39. The van der Waals surface area contributed by atoms with Gasteiger partial charge >= 0.3 is 0 Å². The third-order valence-corrected chi connectivity index (χ3v) is 5.05. The molecule has 2 aromatic heterocycles. The molecule has 1 unspecified atom stereocenters. The quantitative estimate of drug-likeness (QED) is 0.817. The van der Waals surface area contributed by atoms with Gasteiger partial charge in [0.2, 0.25) is 0 Å². The lowest BCUT2D eigenvalue weighted by molar-refractivity contribution is 0.0944. The first kappa shape index (κ1) is 13.6. The van der Waals surface area contributed by atoms with Crippen LogP contribution in [0.2, 0.25) is 0 Å². The molecule has 2 nitrogen and oxygen atoms in total. The molecule has 18 heavy (non-hydrogen) atoms. The summed E-state index contributed by atoms with van der Waals surface area (Å²) in [4.78, 5) is 16.1. The molecule has 0 saturated heterocycles. The van der Waals surface area contributed by atoms with Crippen molar-refractivity contribution in [3.8, 4) is 0 Å². The number of carbonyl (C=O) groups excluding carboxylic acids is 1. The zero-order chi connectivity index (χ0) is 13.3. The van der Waals surface area contributed by atoms with Crippen LogP contribution in [0.3, 0.4) is 0 Å². The van der Waals surface area contributed by atoms with Crippen molar-refractivity contribution in [1.29, 1.82) is 0 Å². The Morgan fingerprint density at radius 2 is 2.11 bits per heavy atom. The predicted octanol–water partition coefficient (Wildman–Crippen LogP) is 4.21. The molecule has 2 heterocycles. The second-order valence-electron chi connectivity index (χ2n) is 4.23. The molecular weight excluding hydrogens is 282 g/mol. The first-order valence-electron chi connectivity index (χ1n) is 5.62. The van der Waals surface area contributed by atoms with Crippen LogP contribution < -0.4 is 5.32 Å². The Bertz CT molecular complexity index is 571. The second kappa shape index (κ2) is 5.47. The molecule has 96 valence electrons. The molecule has 0 fully saturated rings. The van der Waals surface area contributed by atoms with Gasteiger partial charge in [-0.3, -0.25) is 4.79 Å². The van der Waals surface area contributed by atoms with Gasteiger partial charge in [-0.2, -0.15) is 0 Å². The molecule has 0 saturated carbocycles. The zero-order valence-corrected chi connectivity index (χ0v) is 13.0. The first-order valence-corrected chi connectivity index (χ1v) is 7.77. The minimum atomic E-state index is -0.0314. The molecule has 5 heteroatoms. The molecule has 0 aliphatic rings. The third kappa shape index (κ3) is 2.96. The van der Waals surface area contributed by atoms with E-state index in [1.54, 1.807) is 17.4 Å². The average Bonchev–Trinajstić information content (AvgIpc) is 2.84. The van der Waals surface area contributed by atoms with E-state index in [1.165, 1.54) is 26.7 Å². The highest BCUT2D eigenvalue weighted by atomic mass is 32.1. The molecule has 0 bridgehead atoms. The van der Waals surface area contributed by atoms with Crippen LogP contribution in [0.4, 0.5) is 0 Å². The van der Waals surface area contributed by atoms with Crippen LogP contribution in [-0.4, -0.2) is 5.91 Å². The van der Waals surface area contributed by atoms with Gasteiger partial charge in [-0.1, -0.05) is 0 Å². The minimum absolute atomic E-state index is 0.0314. The number of amides is 1. The Hall–Kier alpha value is -0.780. The maximum absolute atomic E-state index is 12.0. The summed E-state index contributed by atoms with van der Waals surface area (Å²) in [7, 11) is 0. The van der Waals surface area contributed by atoms with Crippen molar-refractivity contribution in [3.05, 3.63) is 37.7 Å². The number of thiol groups is 1. The Kier molecular flexibility index (Phi) is 4.14. The van der Waals surface area contributed by atoms with Crippen molar-refractivity contribution in [2.24, 2.45) is 0 Å². The largest absolute Gasteiger partial charge is 0.345 e. The standard InChI is InChI=1S/C13H15NOS3/c1-7-4-11(9(3)18-7)8(2)14-13(15)12-5-10(16)6-17-12/h4-6,8,16H,1-3H3,(H,14,15). The summed E-state index contributed by atoms with van der Waals surface area (Å²) in [5.41, 5.74) is 1.20. The summed E-state index contributed by atoms with van der Waals surface area (Å²) in [6.45, 7) is 6.19. The Morgan fingerprint density at radius 1 is 1.39 bits per heavy atom. The molecular formula is C13H15NOS3. The van der Waals surface area contributed by atoms with Gasteiger partial charge in [0.15, 0.2) is 0 Å². The van der Waals surface area contributed by atoms with Crippen LogP contribution >= 0.6 is 35.3 Å². The van der Waals surface area contributed by atoms with E-state index in [4.69, 9.17) is 0 Å². The zero-order valence-electron chi connectivity index (χ0n) is 10.5. The summed E-state index contributed by atoms with van der Waals surface area (Å²) in [6.07, 6.45) is 0. The SMILES string of the molecule is Cc1cc(C(C)NC(=O)c2cc(S)cs2)c(C)s1. The monoisotopic (exact) mass is 297 g/mol. The highest BCUT2D eigenvalue weighted by Gasteiger charge is 2.15. The number of hydrogen-bond acceptors (Lipinski definition) is 4. The topological polar surface area (TPSA) is 29.1 Å². The second-order valence-corrected chi connectivity index (χ2v) is 7.12. The van der Waals surface area contributed by atoms with Crippen molar-refractivity contribution in [1.82, 2.24) is 5.32 Å². The lowest BCUT2D eigenvalue weighted by Crippen LogP contribution is -2.25. The van der Waals surface area contributed by atoms with E-state index >= 15 is 0 Å². The maximum Gasteiger partial charge on any atom is 0.261 e. The summed E-state index contributed by atoms with van der Waals surface area (Å²) in [6, 6.07) is 3.97. The van der Waals surface area contributed by atoms with Gasteiger partial charge in [-0.15, -0.1) is 35.3 Å². The summed E-state index contributed by atoms with van der Waals surface area (Å²) in [5.74, 6) is -0.0314.